The first-order valence-electron chi connectivity index (χ1n) is 8.21. The number of hydrogen-bond acceptors (Lipinski definition) is 4. The molecule has 2 heterocycles. The van der Waals surface area contributed by atoms with E-state index in [0.29, 0.717) is 0 Å². The van der Waals surface area contributed by atoms with E-state index in [1.165, 1.54) is 0 Å². The molecule has 0 saturated heterocycles. The molecule has 0 saturated carbocycles. The molecule has 4 nitrogen and oxygen atoms in total. The van der Waals surface area contributed by atoms with E-state index < -0.39 is 0 Å². The first kappa shape index (κ1) is 16.8. The van der Waals surface area contributed by atoms with Gasteiger partial charge in [0.05, 0.1) is 16.4 Å². The Kier molecular flexibility index (Phi) is 4.49. The van der Waals surface area contributed by atoms with Gasteiger partial charge in [-0.25, -0.2) is 4.98 Å². The summed E-state index contributed by atoms with van der Waals surface area (Å²) in [5.74, 6) is 0. The molecule has 0 unspecified atom stereocenters. The Balaban J connectivity index is 1.57. The number of hydrogen-bond donors (Lipinski definition) is 1. The molecule has 4 rings (SSSR count). The van der Waals surface area contributed by atoms with Gasteiger partial charge in [-0.1, -0.05) is 35.1 Å². The fraction of sp³-hybridized carbons (Fsp3) is 0.100. The fourth-order valence-corrected chi connectivity index (χ4v) is 3.92. The van der Waals surface area contributed by atoms with Crippen LogP contribution in [0.3, 0.4) is 0 Å². The molecule has 0 atom stereocenters. The third-order valence-electron chi connectivity index (χ3n) is 4.21. The number of hydrazone groups is 1. The summed E-state index contributed by atoms with van der Waals surface area (Å²) in [7, 11) is 0. The normalized spacial score (nSPS) is 11.5. The second kappa shape index (κ2) is 6.94. The highest BCUT2D eigenvalue weighted by Crippen LogP contribution is 2.25. The highest BCUT2D eigenvalue weighted by molar-refractivity contribution is 7.22. The van der Waals surface area contributed by atoms with E-state index in [0.717, 1.165) is 43.0 Å². The van der Waals surface area contributed by atoms with Crippen LogP contribution in [0.2, 0.25) is 5.02 Å². The quantitative estimate of drug-likeness (QED) is 0.359. The molecule has 0 aliphatic carbocycles. The Bertz CT molecular complexity index is 1060. The summed E-state index contributed by atoms with van der Waals surface area (Å²) in [6, 6.07) is 18.0. The van der Waals surface area contributed by atoms with Crippen LogP contribution in [0.1, 0.15) is 17.0 Å². The first-order valence-corrected chi connectivity index (χ1v) is 9.41. The highest BCUT2D eigenvalue weighted by atomic mass is 35.5. The third-order valence-corrected chi connectivity index (χ3v) is 5.41. The first-order chi connectivity index (χ1) is 12.6. The summed E-state index contributed by atoms with van der Waals surface area (Å²) in [6.07, 6.45) is 1.83. The van der Waals surface area contributed by atoms with Crippen LogP contribution < -0.4 is 5.43 Å². The van der Waals surface area contributed by atoms with Gasteiger partial charge in [0, 0.05) is 27.7 Å². The zero-order valence-electron chi connectivity index (χ0n) is 14.4. The van der Waals surface area contributed by atoms with Crippen molar-refractivity contribution < 1.29 is 0 Å². The van der Waals surface area contributed by atoms with Crippen molar-refractivity contribution in [3.05, 3.63) is 76.6 Å². The van der Waals surface area contributed by atoms with Crippen molar-refractivity contribution in [2.24, 2.45) is 5.10 Å². The minimum Gasteiger partial charge on any atom is -0.318 e. The number of aryl methyl sites for hydroxylation is 1. The zero-order chi connectivity index (χ0) is 18.1. The van der Waals surface area contributed by atoms with Crippen molar-refractivity contribution >= 4 is 44.5 Å². The average Bonchev–Trinajstić information content (AvgIpc) is 3.17. The van der Waals surface area contributed by atoms with Crippen molar-refractivity contribution in [2.75, 3.05) is 5.43 Å². The summed E-state index contributed by atoms with van der Waals surface area (Å²) in [6.45, 7) is 4.17. The molecule has 6 heteroatoms. The average molecular weight is 381 g/mol. The molecule has 0 fully saturated rings. The Morgan fingerprint density at radius 3 is 2.65 bits per heavy atom. The molecule has 26 heavy (non-hydrogen) atoms. The zero-order valence-corrected chi connectivity index (χ0v) is 16.0. The third kappa shape index (κ3) is 3.23. The van der Waals surface area contributed by atoms with Crippen molar-refractivity contribution in [3.63, 3.8) is 0 Å². The predicted octanol–water partition coefficient (Wildman–Crippen LogP) is 5.80. The molecule has 2 aromatic heterocycles. The smallest absolute Gasteiger partial charge is 0.204 e. The van der Waals surface area contributed by atoms with E-state index in [4.69, 9.17) is 11.6 Å². The fourth-order valence-electron chi connectivity index (χ4n) is 2.98. The van der Waals surface area contributed by atoms with Crippen molar-refractivity contribution in [3.8, 4) is 5.69 Å². The van der Waals surface area contributed by atoms with Crippen LogP contribution >= 0.6 is 22.9 Å². The number of fused-ring (bicyclic) bond motifs is 1. The maximum atomic E-state index is 6.00. The summed E-state index contributed by atoms with van der Waals surface area (Å²) >= 11 is 7.59. The van der Waals surface area contributed by atoms with Gasteiger partial charge in [-0.05, 0) is 56.3 Å². The van der Waals surface area contributed by atoms with Gasteiger partial charge in [-0.2, -0.15) is 5.10 Å². The topological polar surface area (TPSA) is 42.2 Å². The van der Waals surface area contributed by atoms with Gasteiger partial charge in [0.25, 0.3) is 0 Å². The monoisotopic (exact) mass is 380 g/mol. The Labute approximate surface area is 160 Å². The molecule has 0 aliphatic rings. The molecule has 0 radical (unpaired) electrons. The molecular weight excluding hydrogens is 364 g/mol. The minimum absolute atomic E-state index is 0.734. The van der Waals surface area contributed by atoms with Gasteiger partial charge in [-0.3, -0.25) is 5.43 Å². The lowest BCUT2D eigenvalue weighted by atomic mass is 10.2. The molecule has 2 aromatic carbocycles. The van der Waals surface area contributed by atoms with Crippen LogP contribution in [0.4, 0.5) is 5.13 Å². The standard InChI is InChI=1S/C20H17ClN4S/c1-13-11-15(14(2)25(13)17-9-7-16(21)8-10-17)12-22-24-20-23-18-5-3-4-6-19(18)26-20/h3-12H,1-2H3,(H,23,24)/b22-12-. The summed E-state index contributed by atoms with van der Waals surface area (Å²) in [5, 5.41) is 5.89. The van der Waals surface area contributed by atoms with Crippen LogP contribution in [0, 0.1) is 13.8 Å². The largest absolute Gasteiger partial charge is 0.318 e. The molecule has 0 spiro atoms. The lowest BCUT2D eigenvalue weighted by molar-refractivity contribution is 0.965. The van der Waals surface area contributed by atoms with Crippen LogP contribution in [-0.2, 0) is 0 Å². The molecule has 1 N–H and O–H groups in total. The van der Waals surface area contributed by atoms with Crippen molar-refractivity contribution in [1.82, 2.24) is 9.55 Å². The van der Waals surface area contributed by atoms with E-state index in [9.17, 15) is 0 Å². The lowest BCUT2D eigenvalue weighted by Crippen LogP contribution is -1.99. The molecule has 0 amide bonds. The van der Waals surface area contributed by atoms with Crippen LogP contribution in [0.15, 0.2) is 59.7 Å². The van der Waals surface area contributed by atoms with E-state index in [1.807, 2.05) is 48.7 Å². The molecule has 4 aromatic rings. The SMILES string of the molecule is Cc1cc(/C=N\Nc2nc3ccccc3s2)c(C)n1-c1ccc(Cl)cc1. The van der Waals surface area contributed by atoms with Crippen LogP contribution in [0.5, 0.6) is 0 Å². The Morgan fingerprint density at radius 2 is 1.88 bits per heavy atom. The maximum absolute atomic E-state index is 6.00. The van der Waals surface area contributed by atoms with Gasteiger partial charge in [0.15, 0.2) is 0 Å². The van der Waals surface area contributed by atoms with Crippen molar-refractivity contribution in [1.29, 1.82) is 0 Å². The lowest BCUT2D eigenvalue weighted by Gasteiger charge is -2.09. The highest BCUT2D eigenvalue weighted by Gasteiger charge is 2.09. The summed E-state index contributed by atoms with van der Waals surface area (Å²) < 4.78 is 3.33. The minimum atomic E-state index is 0.734. The number of rotatable bonds is 4. The predicted molar refractivity (Wildman–Crippen MR) is 111 cm³/mol. The number of nitrogens with one attached hydrogen (secondary N) is 1. The van der Waals surface area contributed by atoms with E-state index in [2.05, 4.69) is 46.1 Å². The molecule has 0 aliphatic heterocycles. The van der Waals surface area contributed by atoms with Gasteiger partial charge >= 0.3 is 0 Å². The number of nitrogens with zero attached hydrogens (tertiary/aromatic N) is 3. The molecule has 130 valence electrons. The van der Waals surface area contributed by atoms with E-state index >= 15 is 0 Å². The number of para-hydroxylation sites is 1. The molecular formula is C20H17ClN4S. The second-order valence-corrected chi connectivity index (χ2v) is 7.46. The van der Waals surface area contributed by atoms with E-state index in [1.54, 1.807) is 11.3 Å². The second-order valence-electron chi connectivity index (χ2n) is 6.00. The maximum Gasteiger partial charge on any atom is 0.204 e. The van der Waals surface area contributed by atoms with Gasteiger partial charge in [0.2, 0.25) is 5.13 Å². The van der Waals surface area contributed by atoms with Crippen LogP contribution in [-0.4, -0.2) is 15.8 Å². The van der Waals surface area contributed by atoms with E-state index in [-0.39, 0.29) is 0 Å². The number of anilines is 1. The van der Waals surface area contributed by atoms with Crippen molar-refractivity contribution in [2.45, 2.75) is 13.8 Å². The van der Waals surface area contributed by atoms with Gasteiger partial charge < -0.3 is 4.57 Å². The Morgan fingerprint density at radius 1 is 1.12 bits per heavy atom. The molecule has 0 bridgehead atoms. The summed E-state index contributed by atoms with van der Waals surface area (Å²) in [5.41, 5.74) is 8.44. The van der Waals surface area contributed by atoms with Gasteiger partial charge in [0.1, 0.15) is 0 Å². The number of aromatic nitrogens is 2. The number of halogens is 1. The van der Waals surface area contributed by atoms with Gasteiger partial charge in [-0.15, -0.1) is 0 Å². The summed E-state index contributed by atoms with van der Waals surface area (Å²) in [4.78, 5) is 4.52. The van der Waals surface area contributed by atoms with Crippen LogP contribution in [0.25, 0.3) is 15.9 Å². The number of benzene rings is 2. The number of thiazole rings is 1. The Hall–Kier alpha value is -2.63.